The molecule has 4 heteroatoms. The number of halogens is 1. The minimum atomic E-state index is -0.120. The van der Waals surface area contributed by atoms with E-state index < -0.39 is 0 Å². The Labute approximate surface area is 131 Å². The van der Waals surface area contributed by atoms with E-state index in [9.17, 15) is 5.11 Å². The lowest BCUT2D eigenvalue weighted by molar-refractivity contribution is 0.115. The Morgan fingerprint density at radius 3 is 2.85 bits per heavy atom. The molecule has 2 unspecified atom stereocenters. The predicted molar refractivity (Wildman–Crippen MR) is 87.7 cm³/mol. The molecule has 0 heterocycles. The second-order valence-electron chi connectivity index (χ2n) is 6.00. The summed E-state index contributed by atoms with van der Waals surface area (Å²) in [6, 6.07) is 8.41. The average molecular weight is 314 g/mol. The third kappa shape index (κ3) is 4.14. The molecule has 0 saturated heterocycles. The predicted octanol–water partition coefficient (Wildman–Crippen LogP) is 4.10. The van der Waals surface area contributed by atoms with Crippen LogP contribution in [0.3, 0.4) is 0 Å². The molecule has 0 spiro atoms. The fourth-order valence-corrected chi connectivity index (χ4v) is 4.71. The molecule has 1 saturated carbocycles. The molecule has 2 nitrogen and oxygen atoms in total. The largest absolute Gasteiger partial charge is 0.394 e. The van der Waals surface area contributed by atoms with Crippen LogP contribution >= 0.6 is 23.4 Å². The first-order valence-electron chi connectivity index (χ1n) is 7.34. The van der Waals surface area contributed by atoms with Gasteiger partial charge in [0, 0.05) is 21.7 Å². The zero-order valence-corrected chi connectivity index (χ0v) is 13.8. The number of hydrogen-bond donors (Lipinski definition) is 2. The monoisotopic (exact) mass is 313 g/mol. The second-order valence-corrected chi connectivity index (χ2v) is 7.75. The third-order valence-electron chi connectivity index (χ3n) is 3.83. The van der Waals surface area contributed by atoms with Gasteiger partial charge in [-0.2, -0.15) is 0 Å². The zero-order chi connectivity index (χ0) is 14.6. The SMILES string of the molecule is CC(C)NC1(CO)CCCC(Sc2ccccc2Cl)C1. The molecule has 0 bridgehead atoms. The van der Waals surface area contributed by atoms with Gasteiger partial charge in [-0.15, -0.1) is 11.8 Å². The van der Waals surface area contributed by atoms with Crippen molar-refractivity contribution in [2.75, 3.05) is 6.61 Å². The Balaban J connectivity index is 2.04. The van der Waals surface area contributed by atoms with E-state index in [1.54, 1.807) is 0 Å². The summed E-state index contributed by atoms with van der Waals surface area (Å²) >= 11 is 8.10. The summed E-state index contributed by atoms with van der Waals surface area (Å²) in [6.45, 7) is 4.50. The van der Waals surface area contributed by atoms with Crippen LogP contribution in [0, 0.1) is 0 Å². The summed E-state index contributed by atoms with van der Waals surface area (Å²) in [6.07, 6.45) is 4.40. The maximum absolute atomic E-state index is 9.83. The first kappa shape index (κ1) is 16.2. The van der Waals surface area contributed by atoms with Crippen molar-refractivity contribution in [3.8, 4) is 0 Å². The summed E-state index contributed by atoms with van der Waals surface area (Å²) in [5.41, 5.74) is -0.120. The molecule has 2 atom stereocenters. The number of benzene rings is 1. The van der Waals surface area contributed by atoms with Crippen molar-refractivity contribution in [1.82, 2.24) is 5.32 Å². The summed E-state index contributed by atoms with van der Waals surface area (Å²) < 4.78 is 0. The topological polar surface area (TPSA) is 32.3 Å². The van der Waals surface area contributed by atoms with E-state index in [4.69, 9.17) is 11.6 Å². The van der Waals surface area contributed by atoms with Gasteiger partial charge in [0.2, 0.25) is 0 Å². The van der Waals surface area contributed by atoms with Crippen LogP contribution in [0.15, 0.2) is 29.2 Å². The fourth-order valence-electron chi connectivity index (χ4n) is 3.06. The Hall–Kier alpha value is -0.220. The molecule has 20 heavy (non-hydrogen) atoms. The van der Waals surface area contributed by atoms with Gasteiger partial charge >= 0.3 is 0 Å². The van der Waals surface area contributed by atoms with Gasteiger partial charge < -0.3 is 10.4 Å². The highest BCUT2D eigenvalue weighted by Crippen LogP contribution is 2.40. The molecule has 0 radical (unpaired) electrons. The van der Waals surface area contributed by atoms with E-state index in [2.05, 4.69) is 25.2 Å². The Morgan fingerprint density at radius 2 is 2.20 bits per heavy atom. The lowest BCUT2D eigenvalue weighted by atomic mass is 9.81. The quantitative estimate of drug-likeness (QED) is 0.858. The number of nitrogens with one attached hydrogen (secondary N) is 1. The standard InChI is InChI=1S/C16H24ClNOS/c1-12(2)18-16(11-19)9-5-6-13(10-16)20-15-8-4-3-7-14(15)17/h3-4,7-8,12-13,18-19H,5-6,9-11H2,1-2H3. The number of hydrogen-bond acceptors (Lipinski definition) is 3. The van der Waals surface area contributed by atoms with Gasteiger partial charge in [0.05, 0.1) is 11.6 Å². The molecule has 1 aromatic rings. The first-order valence-corrected chi connectivity index (χ1v) is 8.60. The zero-order valence-electron chi connectivity index (χ0n) is 12.2. The Bertz CT molecular complexity index is 440. The third-order valence-corrected chi connectivity index (χ3v) is 5.61. The van der Waals surface area contributed by atoms with Crippen LogP contribution in [0.4, 0.5) is 0 Å². The molecule has 1 fully saturated rings. The van der Waals surface area contributed by atoms with Gasteiger partial charge in [0.25, 0.3) is 0 Å². The van der Waals surface area contributed by atoms with Crippen LogP contribution < -0.4 is 5.32 Å². The van der Waals surface area contributed by atoms with Gasteiger partial charge in [0.1, 0.15) is 0 Å². The van der Waals surface area contributed by atoms with Crippen LogP contribution in [-0.2, 0) is 0 Å². The van der Waals surface area contributed by atoms with Gasteiger partial charge in [0.15, 0.2) is 0 Å². The van der Waals surface area contributed by atoms with Crippen molar-refractivity contribution in [2.45, 2.75) is 61.3 Å². The minimum Gasteiger partial charge on any atom is -0.394 e. The first-order chi connectivity index (χ1) is 9.54. The maximum Gasteiger partial charge on any atom is 0.0613 e. The highest BCUT2D eigenvalue weighted by atomic mass is 35.5. The van der Waals surface area contributed by atoms with E-state index in [-0.39, 0.29) is 12.1 Å². The normalized spacial score (nSPS) is 26.9. The molecular formula is C16H24ClNOS. The molecule has 112 valence electrons. The number of thioether (sulfide) groups is 1. The van der Waals surface area contributed by atoms with E-state index >= 15 is 0 Å². The van der Waals surface area contributed by atoms with Crippen molar-refractivity contribution in [3.63, 3.8) is 0 Å². The Kier molecular flexibility index (Phi) is 5.79. The van der Waals surface area contributed by atoms with Crippen LogP contribution in [0.2, 0.25) is 5.02 Å². The maximum atomic E-state index is 9.83. The van der Waals surface area contributed by atoms with Crippen LogP contribution in [0.5, 0.6) is 0 Å². The van der Waals surface area contributed by atoms with Crippen molar-refractivity contribution in [1.29, 1.82) is 0 Å². The lowest BCUT2D eigenvalue weighted by Gasteiger charge is -2.41. The molecule has 1 aromatic carbocycles. The number of aliphatic hydroxyl groups is 1. The molecule has 1 aliphatic carbocycles. The van der Waals surface area contributed by atoms with E-state index in [1.807, 2.05) is 30.0 Å². The van der Waals surface area contributed by atoms with Crippen LogP contribution in [0.1, 0.15) is 39.5 Å². The molecule has 0 amide bonds. The number of rotatable bonds is 5. The van der Waals surface area contributed by atoms with Gasteiger partial charge in [-0.3, -0.25) is 0 Å². The summed E-state index contributed by atoms with van der Waals surface area (Å²) in [7, 11) is 0. The van der Waals surface area contributed by atoms with Gasteiger partial charge in [-0.05, 0) is 31.4 Å². The van der Waals surface area contributed by atoms with Crippen molar-refractivity contribution in [2.24, 2.45) is 0 Å². The van der Waals surface area contributed by atoms with E-state index in [0.717, 1.165) is 29.2 Å². The average Bonchev–Trinajstić information content (AvgIpc) is 2.41. The molecular weight excluding hydrogens is 290 g/mol. The summed E-state index contributed by atoms with van der Waals surface area (Å²) in [5.74, 6) is 0. The summed E-state index contributed by atoms with van der Waals surface area (Å²) in [4.78, 5) is 1.15. The highest BCUT2D eigenvalue weighted by molar-refractivity contribution is 8.00. The van der Waals surface area contributed by atoms with Gasteiger partial charge in [-0.25, -0.2) is 0 Å². The summed E-state index contributed by atoms with van der Waals surface area (Å²) in [5, 5.41) is 14.8. The lowest BCUT2D eigenvalue weighted by Crippen LogP contribution is -2.54. The Morgan fingerprint density at radius 1 is 1.45 bits per heavy atom. The molecule has 0 aromatic heterocycles. The molecule has 2 N–H and O–H groups in total. The van der Waals surface area contributed by atoms with Crippen molar-refractivity contribution < 1.29 is 5.11 Å². The molecule has 1 aliphatic rings. The number of aliphatic hydroxyl groups excluding tert-OH is 1. The highest BCUT2D eigenvalue weighted by Gasteiger charge is 2.36. The van der Waals surface area contributed by atoms with Crippen LogP contribution in [-0.4, -0.2) is 28.5 Å². The molecule has 0 aliphatic heterocycles. The minimum absolute atomic E-state index is 0.120. The van der Waals surface area contributed by atoms with E-state index in [1.165, 1.54) is 6.42 Å². The van der Waals surface area contributed by atoms with E-state index in [0.29, 0.717) is 11.3 Å². The fraction of sp³-hybridized carbons (Fsp3) is 0.625. The van der Waals surface area contributed by atoms with Gasteiger partial charge in [-0.1, -0.05) is 44.0 Å². The smallest absolute Gasteiger partial charge is 0.0613 e. The van der Waals surface area contributed by atoms with Crippen molar-refractivity contribution in [3.05, 3.63) is 29.3 Å². The second kappa shape index (κ2) is 7.17. The van der Waals surface area contributed by atoms with Crippen molar-refractivity contribution >= 4 is 23.4 Å². The molecule has 2 rings (SSSR count). The van der Waals surface area contributed by atoms with Crippen LogP contribution in [0.25, 0.3) is 0 Å².